The van der Waals surface area contributed by atoms with E-state index in [0.717, 1.165) is 27.2 Å². The Kier molecular flexibility index (Phi) is 5.47. The number of ether oxygens (including phenoxy) is 2. The zero-order chi connectivity index (χ0) is 15.2. The standard InChI is InChI=1S/C16H18BrNO3/c1-20-13-6-3-11(4-7-13)15(19)10-18-14-9-12(17)5-8-16(14)21-2/h3-9,15,18-19H,10H2,1-2H3. The van der Waals surface area contributed by atoms with E-state index < -0.39 is 6.10 Å². The Morgan fingerprint density at radius 1 is 1.10 bits per heavy atom. The topological polar surface area (TPSA) is 50.7 Å². The third kappa shape index (κ3) is 4.12. The van der Waals surface area contributed by atoms with Crippen LogP contribution in [0, 0.1) is 0 Å². The van der Waals surface area contributed by atoms with Gasteiger partial charge in [0.05, 0.1) is 26.0 Å². The monoisotopic (exact) mass is 351 g/mol. The second-order valence-corrected chi connectivity index (χ2v) is 5.43. The summed E-state index contributed by atoms with van der Waals surface area (Å²) in [6.07, 6.45) is -0.611. The van der Waals surface area contributed by atoms with E-state index in [9.17, 15) is 5.11 Å². The van der Waals surface area contributed by atoms with E-state index in [2.05, 4.69) is 21.2 Å². The Morgan fingerprint density at radius 3 is 2.43 bits per heavy atom. The molecule has 0 fully saturated rings. The molecule has 112 valence electrons. The molecule has 0 aliphatic rings. The minimum absolute atomic E-state index is 0.388. The molecule has 21 heavy (non-hydrogen) atoms. The van der Waals surface area contributed by atoms with Gasteiger partial charge in [0, 0.05) is 11.0 Å². The minimum atomic E-state index is -0.611. The molecule has 0 saturated heterocycles. The number of aliphatic hydroxyl groups excluding tert-OH is 1. The van der Waals surface area contributed by atoms with Gasteiger partial charge in [-0.25, -0.2) is 0 Å². The van der Waals surface area contributed by atoms with Gasteiger partial charge in [0.2, 0.25) is 0 Å². The molecular formula is C16H18BrNO3. The summed E-state index contributed by atoms with van der Waals surface area (Å²) < 4.78 is 11.3. The molecule has 2 N–H and O–H groups in total. The number of hydrogen-bond donors (Lipinski definition) is 2. The summed E-state index contributed by atoms with van der Waals surface area (Å²) in [5.41, 5.74) is 1.66. The summed E-state index contributed by atoms with van der Waals surface area (Å²) in [6.45, 7) is 0.388. The number of aliphatic hydroxyl groups is 1. The lowest BCUT2D eigenvalue weighted by Gasteiger charge is -2.16. The first-order valence-electron chi connectivity index (χ1n) is 6.53. The summed E-state index contributed by atoms with van der Waals surface area (Å²) in [5, 5.41) is 13.4. The molecule has 0 amide bonds. The number of nitrogens with one attached hydrogen (secondary N) is 1. The molecule has 2 aromatic rings. The molecule has 0 bridgehead atoms. The van der Waals surface area contributed by atoms with E-state index in [1.165, 1.54) is 0 Å². The van der Waals surface area contributed by atoms with E-state index in [4.69, 9.17) is 9.47 Å². The van der Waals surface area contributed by atoms with E-state index in [-0.39, 0.29) is 0 Å². The van der Waals surface area contributed by atoms with Crippen LogP contribution in [0.2, 0.25) is 0 Å². The van der Waals surface area contributed by atoms with Crippen LogP contribution in [0.25, 0.3) is 0 Å². The third-order valence-electron chi connectivity index (χ3n) is 3.15. The van der Waals surface area contributed by atoms with Gasteiger partial charge >= 0.3 is 0 Å². The lowest BCUT2D eigenvalue weighted by atomic mass is 10.1. The van der Waals surface area contributed by atoms with Crippen molar-refractivity contribution < 1.29 is 14.6 Å². The minimum Gasteiger partial charge on any atom is -0.497 e. The summed E-state index contributed by atoms with van der Waals surface area (Å²) in [6, 6.07) is 13.1. The van der Waals surface area contributed by atoms with Gasteiger partial charge < -0.3 is 19.9 Å². The van der Waals surface area contributed by atoms with Crippen molar-refractivity contribution in [2.45, 2.75) is 6.10 Å². The average Bonchev–Trinajstić information content (AvgIpc) is 2.52. The van der Waals surface area contributed by atoms with Crippen LogP contribution in [0.3, 0.4) is 0 Å². The maximum absolute atomic E-state index is 10.2. The maximum Gasteiger partial charge on any atom is 0.142 e. The molecule has 0 aliphatic carbocycles. The van der Waals surface area contributed by atoms with Crippen LogP contribution in [-0.2, 0) is 0 Å². The highest BCUT2D eigenvalue weighted by molar-refractivity contribution is 9.10. The molecule has 2 aromatic carbocycles. The van der Waals surface area contributed by atoms with Crippen LogP contribution in [0.1, 0.15) is 11.7 Å². The number of halogens is 1. The zero-order valence-electron chi connectivity index (χ0n) is 12.0. The van der Waals surface area contributed by atoms with Gasteiger partial charge in [-0.3, -0.25) is 0 Å². The molecule has 0 spiro atoms. The fourth-order valence-corrected chi connectivity index (χ4v) is 2.33. The molecular weight excluding hydrogens is 334 g/mol. The van der Waals surface area contributed by atoms with Gasteiger partial charge in [-0.1, -0.05) is 28.1 Å². The Hall–Kier alpha value is -1.72. The molecule has 1 atom stereocenters. The largest absolute Gasteiger partial charge is 0.497 e. The number of rotatable bonds is 6. The molecule has 0 heterocycles. The van der Waals surface area contributed by atoms with Crippen LogP contribution in [0.4, 0.5) is 5.69 Å². The van der Waals surface area contributed by atoms with Crippen LogP contribution in [0.5, 0.6) is 11.5 Å². The smallest absolute Gasteiger partial charge is 0.142 e. The number of hydrogen-bond acceptors (Lipinski definition) is 4. The van der Waals surface area contributed by atoms with Crippen molar-refractivity contribution in [3.05, 3.63) is 52.5 Å². The number of methoxy groups -OCH3 is 2. The zero-order valence-corrected chi connectivity index (χ0v) is 13.6. The fraction of sp³-hybridized carbons (Fsp3) is 0.250. The molecule has 0 aliphatic heterocycles. The Bertz CT molecular complexity index is 587. The van der Waals surface area contributed by atoms with E-state index in [1.54, 1.807) is 14.2 Å². The van der Waals surface area contributed by atoms with E-state index in [0.29, 0.717) is 6.54 Å². The Labute approximate surface area is 132 Å². The van der Waals surface area contributed by atoms with Crippen LogP contribution in [-0.4, -0.2) is 25.9 Å². The summed E-state index contributed by atoms with van der Waals surface area (Å²) >= 11 is 3.42. The van der Waals surface area contributed by atoms with Gasteiger partial charge in [-0.15, -0.1) is 0 Å². The molecule has 1 unspecified atom stereocenters. The highest BCUT2D eigenvalue weighted by atomic mass is 79.9. The predicted molar refractivity (Wildman–Crippen MR) is 87.1 cm³/mol. The first kappa shape index (κ1) is 15.7. The van der Waals surface area contributed by atoms with E-state index >= 15 is 0 Å². The van der Waals surface area contributed by atoms with Gasteiger partial charge in [0.15, 0.2) is 0 Å². The molecule has 0 radical (unpaired) electrons. The van der Waals surface area contributed by atoms with Crippen LogP contribution in [0.15, 0.2) is 46.9 Å². The SMILES string of the molecule is COc1ccc(C(O)CNc2cc(Br)ccc2OC)cc1. The molecule has 0 aromatic heterocycles. The van der Waals surface area contributed by atoms with Crippen molar-refractivity contribution in [3.8, 4) is 11.5 Å². The second-order valence-electron chi connectivity index (χ2n) is 4.51. The highest BCUT2D eigenvalue weighted by Crippen LogP contribution is 2.28. The van der Waals surface area contributed by atoms with Crippen molar-refractivity contribution in [3.63, 3.8) is 0 Å². The van der Waals surface area contributed by atoms with Crippen molar-refractivity contribution in [1.29, 1.82) is 0 Å². The van der Waals surface area contributed by atoms with Gasteiger partial charge in [0.25, 0.3) is 0 Å². The van der Waals surface area contributed by atoms with Gasteiger partial charge in [0.1, 0.15) is 11.5 Å². The number of anilines is 1. The van der Waals surface area contributed by atoms with Crippen molar-refractivity contribution in [2.75, 3.05) is 26.1 Å². The highest BCUT2D eigenvalue weighted by Gasteiger charge is 2.09. The van der Waals surface area contributed by atoms with Gasteiger partial charge in [-0.05, 0) is 35.9 Å². The van der Waals surface area contributed by atoms with Crippen molar-refractivity contribution in [1.82, 2.24) is 0 Å². The fourth-order valence-electron chi connectivity index (χ4n) is 1.97. The van der Waals surface area contributed by atoms with Crippen LogP contribution >= 0.6 is 15.9 Å². The number of benzene rings is 2. The summed E-state index contributed by atoms with van der Waals surface area (Å²) in [4.78, 5) is 0. The van der Waals surface area contributed by atoms with Crippen LogP contribution < -0.4 is 14.8 Å². The third-order valence-corrected chi connectivity index (χ3v) is 3.64. The molecule has 0 saturated carbocycles. The first-order valence-corrected chi connectivity index (χ1v) is 7.32. The van der Waals surface area contributed by atoms with E-state index in [1.807, 2.05) is 42.5 Å². The first-order chi connectivity index (χ1) is 10.1. The molecule has 2 rings (SSSR count). The van der Waals surface area contributed by atoms with Gasteiger partial charge in [-0.2, -0.15) is 0 Å². The lowest BCUT2D eigenvalue weighted by molar-refractivity contribution is 0.191. The normalized spacial score (nSPS) is 11.8. The van der Waals surface area contributed by atoms with Crippen molar-refractivity contribution in [2.24, 2.45) is 0 Å². The maximum atomic E-state index is 10.2. The van der Waals surface area contributed by atoms with Crippen molar-refractivity contribution >= 4 is 21.6 Å². The molecule has 4 nitrogen and oxygen atoms in total. The second kappa shape index (κ2) is 7.33. The molecule has 5 heteroatoms. The average molecular weight is 352 g/mol. The summed E-state index contributed by atoms with van der Waals surface area (Å²) in [5.74, 6) is 1.51. The summed E-state index contributed by atoms with van der Waals surface area (Å²) in [7, 11) is 3.24. The Balaban J connectivity index is 2.03. The quantitative estimate of drug-likeness (QED) is 0.834. The predicted octanol–water partition coefficient (Wildman–Crippen LogP) is 3.61. The Morgan fingerprint density at radius 2 is 1.81 bits per heavy atom. The lowest BCUT2D eigenvalue weighted by Crippen LogP contribution is -2.12.